The van der Waals surface area contributed by atoms with Gasteiger partial charge in [0.25, 0.3) is 5.91 Å². The molecule has 1 N–H and O–H groups in total. The zero-order valence-electron chi connectivity index (χ0n) is 16.6. The van der Waals surface area contributed by atoms with Crippen LogP contribution in [0.4, 0.5) is 11.4 Å². The van der Waals surface area contributed by atoms with Crippen molar-refractivity contribution in [2.45, 2.75) is 0 Å². The van der Waals surface area contributed by atoms with E-state index in [0.29, 0.717) is 27.1 Å². The third-order valence-electron chi connectivity index (χ3n) is 4.41. The molecule has 0 aliphatic carbocycles. The number of carbonyl (C=O) groups excluding carboxylic acids is 1. The minimum atomic E-state index is -1.08. The summed E-state index contributed by atoms with van der Waals surface area (Å²) in [7, 11) is 0. The van der Waals surface area contributed by atoms with E-state index in [0.717, 1.165) is 10.2 Å². The largest absolute Gasteiger partial charge is 0.481 e. The Bertz CT molecular complexity index is 1210. The van der Waals surface area contributed by atoms with Crippen molar-refractivity contribution in [2.75, 3.05) is 11.5 Å². The zero-order chi connectivity index (χ0) is 22.5. The summed E-state index contributed by atoms with van der Waals surface area (Å²) >= 11 is 4.67. The van der Waals surface area contributed by atoms with Crippen molar-refractivity contribution in [2.24, 2.45) is 4.99 Å². The topological polar surface area (TPSA) is 79.2 Å². The number of carboxylic acids is 1. The van der Waals surface area contributed by atoms with Gasteiger partial charge >= 0.3 is 5.97 Å². The quantitative estimate of drug-likeness (QED) is 0.430. The molecule has 160 valence electrons. The number of hydrogen-bond acceptors (Lipinski definition) is 5. The van der Waals surface area contributed by atoms with Gasteiger partial charge in [-0.1, -0.05) is 52.3 Å². The van der Waals surface area contributed by atoms with Gasteiger partial charge in [0, 0.05) is 10.0 Å². The van der Waals surface area contributed by atoms with Crippen molar-refractivity contribution in [3.8, 4) is 5.75 Å². The Balaban J connectivity index is 1.75. The average Bonchev–Trinajstić information content (AvgIpc) is 3.09. The molecular formula is C24H17BrN2O4S. The molecule has 8 heteroatoms. The molecule has 0 radical (unpaired) electrons. The van der Waals surface area contributed by atoms with Crippen LogP contribution in [0.5, 0.6) is 5.75 Å². The summed E-state index contributed by atoms with van der Waals surface area (Å²) in [5, 5.41) is 9.48. The third kappa shape index (κ3) is 5.09. The van der Waals surface area contributed by atoms with E-state index >= 15 is 0 Å². The summed E-state index contributed by atoms with van der Waals surface area (Å²) in [6, 6.07) is 23.9. The van der Waals surface area contributed by atoms with E-state index in [-0.39, 0.29) is 5.91 Å². The number of aliphatic carboxylic acids is 1. The molecule has 0 bridgehead atoms. The van der Waals surface area contributed by atoms with Gasteiger partial charge in [0.1, 0.15) is 5.75 Å². The number of nitrogens with zero attached hydrogens (tertiary/aromatic N) is 2. The molecule has 1 heterocycles. The number of benzene rings is 3. The van der Waals surface area contributed by atoms with Crippen LogP contribution in [0.2, 0.25) is 0 Å². The van der Waals surface area contributed by atoms with Gasteiger partial charge in [0.15, 0.2) is 11.8 Å². The predicted octanol–water partition coefficient (Wildman–Crippen LogP) is 5.72. The van der Waals surface area contributed by atoms with Crippen LogP contribution in [-0.2, 0) is 9.59 Å². The highest BCUT2D eigenvalue weighted by atomic mass is 79.9. The highest BCUT2D eigenvalue weighted by Gasteiger charge is 2.35. The molecule has 1 saturated heterocycles. The molecule has 6 nitrogen and oxygen atoms in total. The molecule has 1 amide bonds. The van der Waals surface area contributed by atoms with Crippen molar-refractivity contribution >= 4 is 62.2 Å². The SMILES string of the molecule is O=C(O)COc1ccc(Br)cc1C=C1SC(=Nc2ccccc2)N(c2ccccc2)C1=O. The van der Waals surface area contributed by atoms with Gasteiger partial charge in [0.2, 0.25) is 0 Å². The lowest BCUT2D eigenvalue weighted by Gasteiger charge is -2.15. The van der Waals surface area contributed by atoms with E-state index in [2.05, 4.69) is 20.9 Å². The second-order valence-electron chi connectivity index (χ2n) is 6.68. The van der Waals surface area contributed by atoms with Crippen LogP contribution in [0.3, 0.4) is 0 Å². The standard InChI is InChI=1S/C24H17BrN2O4S/c25-17-11-12-20(31-15-22(28)29)16(13-17)14-21-23(30)27(19-9-5-2-6-10-19)24(32-21)26-18-7-3-1-4-8-18/h1-14H,15H2,(H,28,29). The number of carboxylic acid groups (broad SMARTS) is 1. The van der Waals surface area contributed by atoms with E-state index in [9.17, 15) is 9.59 Å². The number of halogens is 1. The number of thioether (sulfide) groups is 1. The molecule has 4 rings (SSSR count). The molecular weight excluding hydrogens is 492 g/mol. The molecule has 1 fully saturated rings. The first kappa shape index (κ1) is 21.9. The van der Waals surface area contributed by atoms with E-state index in [1.54, 1.807) is 29.2 Å². The second kappa shape index (κ2) is 9.84. The van der Waals surface area contributed by atoms with Gasteiger partial charge in [-0.3, -0.25) is 9.69 Å². The minimum absolute atomic E-state index is 0.222. The fourth-order valence-electron chi connectivity index (χ4n) is 3.01. The van der Waals surface area contributed by atoms with Crippen molar-refractivity contribution in [1.82, 2.24) is 0 Å². The number of hydrogen-bond donors (Lipinski definition) is 1. The van der Waals surface area contributed by atoms with Crippen molar-refractivity contribution < 1.29 is 19.4 Å². The normalized spacial score (nSPS) is 16.0. The zero-order valence-corrected chi connectivity index (χ0v) is 19.0. The predicted molar refractivity (Wildman–Crippen MR) is 130 cm³/mol. The summed E-state index contributed by atoms with van der Waals surface area (Å²) < 4.78 is 6.18. The van der Waals surface area contributed by atoms with Crippen LogP contribution in [0.15, 0.2) is 93.2 Å². The van der Waals surface area contributed by atoms with Crippen molar-refractivity contribution in [3.63, 3.8) is 0 Å². The number of aliphatic imine (C=N–C) groups is 1. The number of anilines is 1. The van der Waals surface area contributed by atoms with Crippen LogP contribution < -0.4 is 9.64 Å². The fourth-order valence-corrected chi connectivity index (χ4v) is 4.38. The molecule has 0 atom stereocenters. The lowest BCUT2D eigenvalue weighted by atomic mass is 10.2. The van der Waals surface area contributed by atoms with E-state index in [4.69, 9.17) is 9.84 Å². The summed E-state index contributed by atoms with van der Waals surface area (Å²) in [4.78, 5) is 31.0. The van der Waals surface area contributed by atoms with E-state index in [1.165, 1.54) is 11.8 Å². The number of carbonyl (C=O) groups is 2. The van der Waals surface area contributed by atoms with Crippen LogP contribution >= 0.6 is 27.7 Å². The molecule has 32 heavy (non-hydrogen) atoms. The highest BCUT2D eigenvalue weighted by molar-refractivity contribution is 9.10. The van der Waals surface area contributed by atoms with Gasteiger partial charge in [-0.2, -0.15) is 0 Å². The summed E-state index contributed by atoms with van der Waals surface area (Å²) in [5.74, 6) is -0.929. The van der Waals surface area contributed by atoms with Crippen LogP contribution in [0, 0.1) is 0 Å². The maximum atomic E-state index is 13.4. The van der Waals surface area contributed by atoms with Crippen LogP contribution in [-0.4, -0.2) is 28.8 Å². The van der Waals surface area contributed by atoms with Crippen molar-refractivity contribution in [3.05, 3.63) is 93.8 Å². The highest BCUT2D eigenvalue weighted by Crippen LogP contribution is 2.38. The Morgan fingerprint density at radius 1 is 1.06 bits per heavy atom. The molecule has 3 aromatic rings. The molecule has 0 saturated carbocycles. The number of ether oxygens (including phenoxy) is 1. The fraction of sp³-hybridized carbons (Fsp3) is 0.0417. The monoisotopic (exact) mass is 508 g/mol. The number of para-hydroxylation sites is 2. The number of amides is 1. The summed E-state index contributed by atoms with van der Waals surface area (Å²) in [6.07, 6.45) is 1.69. The van der Waals surface area contributed by atoms with Gasteiger partial charge in [-0.05, 0) is 60.3 Å². The summed E-state index contributed by atoms with van der Waals surface area (Å²) in [6.45, 7) is -0.476. The summed E-state index contributed by atoms with van der Waals surface area (Å²) in [5.41, 5.74) is 2.03. The molecule has 3 aromatic carbocycles. The molecule has 1 aliphatic rings. The molecule has 0 spiro atoms. The van der Waals surface area contributed by atoms with Gasteiger partial charge in [-0.25, -0.2) is 9.79 Å². The van der Waals surface area contributed by atoms with Crippen LogP contribution in [0.1, 0.15) is 5.56 Å². The average molecular weight is 509 g/mol. The van der Waals surface area contributed by atoms with E-state index < -0.39 is 12.6 Å². The van der Waals surface area contributed by atoms with Gasteiger partial charge < -0.3 is 9.84 Å². The smallest absolute Gasteiger partial charge is 0.341 e. The Kier molecular flexibility index (Phi) is 6.72. The Morgan fingerprint density at radius 3 is 2.44 bits per heavy atom. The first-order valence-electron chi connectivity index (χ1n) is 9.58. The Labute approximate surface area is 197 Å². The molecule has 1 aliphatic heterocycles. The number of amidine groups is 1. The minimum Gasteiger partial charge on any atom is -0.481 e. The molecule has 0 unspecified atom stereocenters. The van der Waals surface area contributed by atoms with Crippen LogP contribution in [0.25, 0.3) is 6.08 Å². The van der Waals surface area contributed by atoms with Gasteiger partial charge in [-0.15, -0.1) is 0 Å². The Hall–Kier alpha value is -3.36. The Morgan fingerprint density at radius 2 is 1.75 bits per heavy atom. The number of rotatable bonds is 6. The van der Waals surface area contributed by atoms with Crippen molar-refractivity contribution in [1.29, 1.82) is 0 Å². The van der Waals surface area contributed by atoms with Gasteiger partial charge in [0.05, 0.1) is 16.3 Å². The second-order valence-corrected chi connectivity index (χ2v) is 8.61. The maximum absolute atomic E-state index is 13.4. The lowest BCUT2D eigenvalue weighted by molar-refractivity contribution is -0.139. The maximum Gasteiger partial charge on any atom is 0.341 e. The van der Waals surface area contributed by atoms with E-state index in [1.807, 2.05) is 60.7 Å². The lowest BCUT2D eigenvalue weighted by Crippen LogP contribution is -2.28. The first-order valence-corrected chi connectivity index (χ1v) is 11.2. The first-order chi connectivity index (χ1) is 15.5. The molecule has 0 aromatic heterocycles. The third-order valence-corrected chi connectivity index (χ3v) is 5.87.